The number of nitrogens with two attached hydrogens (primary N) is 2. The summed E-state index contributed by atoms with van der Waals surface area (Å²) in [6, 6.07) is 2.43. The summed E-state index contributed by atoms with van der Waals surface area (Å²) < 4.78 is 41.9. The molecule has 1 aromatic carbocycles. The minimum absolute atomic E-state index is 0.0914. The van der Waals surface area contributed by atoms with Gasteiger partial charge in [-0.25, -0.2) is 4.79 Å². The van der Waals surface area contributed by atoms with Gasteiger partial charge in [-0.05, 0) is 18.2 Å². The van der Waals surface area contributed by atoms with Crippen molar-refractivity contribution in [3.8, 4) is 0 Å². The quantitative estimate of drug-likeness (QED) is 0.570. The van der Waals surface area contributed by atoms with E-state index in [2.05, 4.69) is 10.1 Å². The molecule has 0 saturated carbocycles. The maximum Gasteiger partial charge on any atom is 0.416 e. The lowest BCUT2D eigenvalue weighted by Gasteiger charge is -2.11. The van der Waals surface area contributed by atoms with Gasteiger partial charge in [-0.2, -0.15) is 13.2 Å². The molecule has 0 aliphatic carbocycles. The molecule has 5 N–H and O–H groups in total. The number of anilines is 1. The van der Waals surface area contributed by atoms with Crippen molar-refractivity contribution in [2.24, 2.45) is 5.73 Å². The van der Waals surface area contributed by atoms with Crippen molar-refractivity contribution in [1.82, 2.24) is 5.32 Å². The standard InChI is InChI=1S/C11H12F3N3O3/c12-11(13,14)6-1-2-8(15)7(5-6)9(18)17-3-4-20-10(16)19/h1-2,5H,3-4,15H2,(H2,16,19)(H,17,18). The van der Waals surface area contributed by atoms with E-state index in [1.807, 2.05) is 0 Å². The zero-order valence-electron chi connectivity index (χ0n) is 10.2. The van der Waals surface area contributed by atoms with E-state index in [-0.39, 0.29) is 24.4 Å². The number of benzene rings is 1. The van der Waals surface area contributed by atoms with Gasteiger partial charge in [-0.3, -0.25) is 4.79 Å². The molecule has 2 amide bonds. The fraction of sp³-hybridized carbons (Fsp3) is 0.273. The predicted molar refractivity (Wildman–Crippen MR) is 63.7 cm³/mol. The first-order valence-electron chi connectivity index (χ1n) is 5.39. The normalized spacial score (nSPS) is 10.9. The molecule has 1 aromatic rings. The van der Waals surface area contributed by atoms with Crippen molar-refractivity contribution in [2.45, 2.75) is 6.18 Å². The van der Waals surface area contributed by atoms with Crippen LogP contribution in [0.25, 0.3) is 0 Å². The van der Waals surface area contributed by atoms with Crippen molar-refractivity contribution in [3.05, 3.63) is 29.3 Å². The fourth-order valence-electron chi connectivity index (χ4n) is 1.34. The largest absolute Gasteiger partial charge is 0.448 e. The highest BCUT2D eigenvalue weighted by Crippen LogP contribution is 2.31. The van der Waals surface area contributed by atoms with E-state index < -0.39 is 23.7 Å². The molecule has 0 spiro atoms. The fourth-order valence-corrected chi connectivity index (χ4v) is 1.34. The molecule has 110 valence electrons. The molecule has 6 nitrogen and oxygen atoms in total. The van der Waals surface area contributed by atoms with Gasteiger partial charge in [0.1, 0.15) is 6.61 Å². The highest BCUT2D eigenvalue weighted by molar-refractivity contribution is 5.99. The first kappa shape index (κ1) is 15.6. The second-order valence-electron chi connectivity index (χ2n) is 3.72. The number of ether oxygens (including phenoxy) is 1. The Kier molecular flexibility index (Phi) is 4.78. The molecule has 9 heteroatoms. The number of carbonyl (C=O) groups excluding carboxylic acids is 2. The van der Waals surface area contributed by atoms with E-state index >= 15 is 0 Å². The van der Waals surface area contributed by atoms with E-state index in [0.29, 0.717) is 6.07 Å². The molecule has 0 fully saturated rings. The van der Waals surface area contributed by atoms with Crippen LogP contribution in [0, 0.1) is 0 Å². The van der Waals surface area contributed by atoms with Crippen molar-refractivity contribution in [1.29, 1.82) is 0 Å². The number of amides is 2. The molecular weight excluding hydrogens is 279 g/mol. The summed E-state index contributed by atoms with van der Waals surface area (Å²) >= 11 is 0. The molecule has 0 atom stereocenters. The number of hydrogen-bond donors (Lipinski definition) is 3. The summed E-state index contributed by atoms with van der Waals surface area (Å²) in [6.07, 6.45) is -5.59. The lowest BCUT2D eigenvalue weighted by molar-refractivity contribution is -0.137. The Hall–Kier alpha value is -2.45. The first-order chi connectivity index (χ1) is 9.21. The second-order valence-corrected chi connectivity index (χ2v) is 3.72. The zero-order chi connectivity index (χ0) is 15.3. The SMILES string of the molecule is NC(=O)OCCNC(=O)c1cc(C(F)(F)F)ccc1N. The van der Waals surface area contributed by atoms with Gasteiger partial charge in [0.2, 0.25) is 0 Å². The van der Waals surface area contributed by atoms with Crippen LogP contribution in [0.5, 0.6) is 0 Å². The molecule has 0 bridgehead atoms. The van der Waals surface area contributed by atoms with E-state index in [0.717, 1.165) is 12.1 Å². The van der Waals surface area contributed by atoms with Gasteiger partial charge in [-0.15, -0.1) is 0 Å². The number of nitrogen functional groups attached to an aromatic ring is 1. The van der Waals surface area contributed by atoms with Crippen molar-refractivity contribution >= 4 is 17.7 Å². The average Bonchev–Trinajstić information content (AvgIpc) is 2.33. The Balaban J connectivity index is 2.74. The highest BCUT2D eigenvalue weighted by atomic mass is 19.4. The summed E-state index contributed by atoms with van der Waals surface area (Å²) in [5, 5.41) is 2.25. The summed E-state index contributed by atoms with van der Waals surface area (Å²) in [7, 11) is 0. The van der Waals surface area contributed by atoms with Crippen molar-refractivity contribution in [3.63, 3.8) is 0 Å². The Morgan fingerprint density at radius 2 is 1.95 bits per heavy atom. The van der Waals surface area contributed by atoms with Crippen LogP contribution >= 0.6 is 0 Å². The van der Waals surface area contributed by atoms with Gasteiger partial charge < -0.3 is 21.5 Å². The minimum Gasteiger partial charge on any atom is -0.448 e. The van der Waals surface area contributed by atoms with Gasteiger partial charge in [0, 0.05) is 5.69 Å². The van der Waals surface area contributed by atoms with Crippen LogP contribution < -0.4 is 16.8 Å². The Morgan fingerprint density at radius 3 is 2.50 bits per heavy atom. The van der Waals surface area contributed by atoms with Gasteiger partial charge in [-0.1, -0.05) is 0 Å². The molecule has 0 aliphatic rings. The predicted octanol–water partition coefficient (Wildman–Crippen LogP) is 1.11. The topological polar surface area (TPSA) is 107 Å². The van der Waals surface area contributed by atoms with E-state index in [1.165, 1.54) is 0 Å². The van der Waals surface area contributed by atoms with Crippen LogP contribution in [-0.2, 0) is 10.9 Å². The number of carbonyl (C=O) groups is 2. The molecule has 0 heterocycles. The molecule has 0 aromatic heterocycles. The first-order valence-corrected chi connectivity index (χ1v) is 5.39. The third-order valence-corrected chi connectivity index (χ3v) is 2.26. The number of alkyl halides is 3. The molecule has 1 rings (SSSR count). The Morgan fingerprint density at radius 1 is 1.30 bits per heavy atom. The molecule has 0 unspecified atom stereocenters. The van der Waals surface area contributed by atoms with Gasteiger partial charge in [0.05, 0.1) is 17.7 Å². The summed E-state index contributed by atoms with van der Waals surface area (Å²) in [6.45, 7) is -0.294. The van der Waals surface area contributed by atoms with Crippen LogP contribution in [0.3, 0.4) is 0 Å². The second kappa shape index (κ2) is 6.13. The Labute approximate surface area is 111 Å². The van der Waals surface area contributed by atoms with Gasteiger partial charge in [0.25, 0.3) is 5.91 Å². The number of halogens is 3. The van der Waals surface area contributed by atoms with Crippen LogP contribution in [0.4, 0.5) is 23.7 Å². The maximum atomic E-state index is 12.5. The minimum atomic E-state index is -4.57. The summed E-state index contributed by atoms with van der Waals surface area (Å²) in [5.74, 6) is -0.804. The van der Waals surface area contributed by atoms with Gasteiger partial charge >= 0.3 is 12.3 Å². The summed E-state index contributed by atoms with van der Waals surface area (Å²) in [5.41, 5.74) is 8.77. The molecule has 0 radical (unpaired) electrons. The smallest absolute Gasteiger partial charge is 0.416 e. The van der Waals surface area contributed by atoms with Crippen LogP contribution in [0.1, 0.15) is 15.9 Å². The Bertz CT molecular complexity index is 517. The zero-order valence-corrected chi connectivity index (χ0v) is 10.2. The molecule has 20 heavy (non-hydrogen) atoms. The van der Waals surface area contributed by atoms with E-state index in [1.54, 1.807) is 0 Å². The van der Waals surface area contributed by atoms with Crippen molar-refractivity contribution in [2.75, 3.05) is 18.9 Å². The molecule has 0 aliphatic heterocycles. The van der Waals surface area contributed by atoms with E-state index in [4.69, 9.17) is 11.5 Å². The average molecular weight is 291 g/mol. The number of nitrogens with one attached hydrogen (secondary N) is 1. The summed E-state index contributed by atoms with van der Waals surface area (Å²) in [4.78, 5) is 21.9. The number of rotatable bonds is 4. The maximum absolute atomic E-state index is 12.5. The highest BCUT2D eigenvalue weighted by Gasteiger charge is 2.31. The van der Waals surface area contributed by atoms with Crippen LogP contribution in [-0.4, -0.2) is 25.2 Å². The van der Waals surface area contributed by atoms with E-state index in [9.17, 15) is 22.8 Å². The monoisotopic (exact) mass is 291 g/mol. The molecular formula is C11H12F3N3O3. The van der Waals surface area contributed by atoms with Gasteiger partial charge in [0.15, 0.2) is 0 Å². The third kappa shape index (κ3) is 4.34. The van der Waals surface area contributed by atoms with Crippen LogP contribution in [0.2, 0.25) is 0 Å². The number of hydrogen-bond acceptors (Lipinski definition) is 4. The van der Waals surface area contributed by atoms with Crippen LogP contribution in [0.15, 0.2) is 18.2 Å². The lowest BCUT2D eigenvalue weighted by Crippen LogP contribution is -2.29. The lowest BCUT2D eigenvalue weighted by atomic mass is 10.1. The number of primary amides is 1. The third-order valence-electron chi connectivity index (χ3n) is 2.26. The van der Waals surface area contributed by atoms with Crippen molar-refractivity contribution < 1.29 is 27.5 Å². The molecule has 0 saturated heterocycles.